The van der Waals surface area contributed by atoms with Crippen LogP contribution in [-0.2, 0) is 0 Å². The normalized spacial score (nSPS) is 15.3. The number of aromatic nitrogens is 3. The first-order valence-corrected chi connectivity index (χ1v) is 9.16. The molecule has 0 fully saturated rings. The number of benzene rings is 2. The highest BCUT2D eigenvalue weighted by Crippen LogP contribution is 2.43. The fraction of sp³-hybridized carbons (Fsp3) is 0.182. The average molecular weight is 356 g/mol. The van der Waals surface area contributed by atoms with E-state index in [-0.39, 0.29) is 12.1 Å². The molecule has 0 spiro atoms. The molecule has 27 heavy (non-hydrogen) atoms. The highest BCUT2D eigenvalue weighted by Gasteiger charge is 2.26. The van der Waals surface area contributed by atoms with Gasteiger partial charge < -0.3 is 15.0 Å². The Morgan fingerprint density at radius 1 is 1.00 bits per heavy atom. The molecule has 2 aromatic carbocycles. The van der Waals surface area contributed by atoms with Gasteiger partial charge in [-0.05, 0) is 37.6 Å². The van der Waals surface area contributed by atoms with Gasteiger partial charge in [0.2, 0.25) is 0 Å². The first kappa shape index (κ1) is 15.9. The fourth-order valence-corrected chi connectivity index (χ4v) is 3.78. The largest absolute Gasteiger partial charge is 0.491 e. The van der Waals surface area contributed by atoms with Crippen LogP contribution in [0, 0.1) is 0 Å². The zero-order chi connectivity index (χ0) is 18.4. The van der Waals surface area contributed by atoms with Crippen molar-refractivity contribution in [3.05, 3.63) is 72.1 Å². The minimum Gasteiger partial charge on any atom is -0.491 e. The Morgan fingerprint density at radius 2 is 1.81 bits per heavy atom. The van der Waals surface area contributed by atoms with Gasteiger partial charge in [-0.2, -0.15) is 5.10 Å². The van der Waals surface area contributed by atoms with Crippen molar-refractivity contribution in [2.24, 2.45) is 0 Å². The first-order valence-electron chi connectivity index (χ1n) is 9.16. The van der Waals surface area contributed by atoms with Crippen LogP contribution in [0.25, 0.3) is 22.2 Å². The molecule has 0 amide bonds. The van der Waals surface area contributed by atoms with E-state index >= 15 is 0 Å². The standard InChI is InChI=1S/C22H20N4O/c1-13(2)27-15-9-7-14(8-10-15)21-18-11-23-22-20(18)17(12-24-26-22)16-5-3-4-6-19(16)25-21/h3-13,21,25H,1-2H3,(H,23,26). The van der Waals surface area contributed by atoms with E-state index in [0.717, 1.165) is 33.6 Å². The molecule has 3 heterocycles. The Hall–Kier alpha value is -3.34. The second kappa shape index (κ2) is 6.13. The van der Waals surface area contributed by atoms with Crippen LogP contribution in [0.15, 0.2) is 60.9 Å². The van der Waals surface area contributed by atoms with Gasteiger partial charge in [0.15, 0.2) is 5.65 Å². The lowest BCUT2D eigenvalue weighted by Crippen LogP contribution is -2.11. The van der Waals surface area contributed by atoms with Crippen LogP contribution < -0.4 is 10.1 Å². The summed E-state index contributed by atoms with van der Waals surface area (Å²) in [4.78, 5) is 3.28. The summed E-state index contributed by atoms with van der Waals surface area (Å²) in [6.45, 7) is 4.07. The summed E-state index contributed by atoms with van der Waals surface area (Å²) in [5.41, 5.74) is 6.48. The summed E-state index contributed by atoms with van der Waals surface area (Å²) in [5.74, 6) is 0.883. The molecule has 1 aliphatic rings. The number of hydrogen-bond acceptors (Lipinski definition) is 4. The Bertz CT molecular complexity index is 1110. The lowest BCUT2D eigenvalue weighted by atomic mass is 9.97. The average Bonchev–Trinajstić information content (AvgIpc) is 3.04. The predicted molar refractivity (Wildman–Crippen MR) is 107 cm³/mol. The number of rotatable bonds is 3. The molecule has 5 nitrogen and oxygen atoms in total. The van der Waals surface area contributed by atoms with Gasteiger partial charge in [-0.15, -0.1) is 5.10 Å². The van der Waals surface area contributed by atoms with Crippen molar-refractivity contribution >= 4 is 16.7 Å². The number of fused-ring (bicyclic) bond motifs is 2. The van der Waals surface area contributed by atoms with Crippen molar-refractivity contribution in [2.75, 3.05) is 5.32 Å². The highest BCUT2D eigenvalue weighted by molar-refractivity contribution is 6.00. The van der Waals surface area contributed by atoms with Crippen molar-refractivity contribution in [1.29, 1.82) is 0 Å². The summed E-state index contributed by atoms with van der Waals surface area (Å²) in [6, 6.07) is 16.7. The monoisotopic (exact) mass is 356 g/mol. The highest BCUT2D eigenvalue weighted by atomic mass is 16.5. The third-order valence-electron chi connectivity index (χ3n) is 4.92. The van der Waals surface area contributed by atoms with E-state index in [1.807, 2.05) is 38.4 Å². The minimum atomic E-state index is 0.0125. The number of H-pyrrole nitrogens is 1. The van der Waals surface area contributed by atoms with Gasteiger partial charge in [-0.3, -0.25) is 0 Å². The third kappa shape index (κ3) is 2.63. The molecule has 1 atom stereocenters. The molecule has 2 aromatic heterocycles. The number of nitrogens with zero attached hydrogens (tertiary/aromatic N) is 2. The zero-order valence-corrected chi connectivity index (χ0v) is 15.2. The zero-order valence-electron chi connectivity index (χ0n) is 15.2. The van der Waals surface area contributed by atoms with E-state index in [1.54, 1.807) is 0 Å². The number of para-hydroxylation sites is 1. The molecule has 5 heteroatoms. The molecule has 1 unspecified atom stereocenters. The van der Waals surface area contributed by atoms with E-state index in [1.165, 1.54) is 11.1 Å². The number of nitrogens with one attached hydrogen (secondary N) is 2. The molecule has 0 radical (unpaired) electrons. The number of anilines is 1. The van der Waals surface area contributed by atoms with E-state index in [0.29, 0.717) is 0 Å². The van der Waals surface area contributed by atoms with Crippen LogP contribution >= 0.6 is 0 Å². The number of ether oxygens (including phenoxy) is 1. The summed E-state index contributed by atoms with van der Waals surface area (Å²) in [6.07, 6.45) is 4.04. The molecule has 0 aliphatic carbocycles. The summed E-state index contributed by atoms with van der Waals surface area (Å²) in [7, 11) is 0. The first-order chi connectivity index (χ1) is 13.2. The smallest absolute Gasteiger partial charge is 0.160 e. The second-order valence-corrected chi connectivity index (χ2v) is 7.08. The summed E-state index contributed by atoms with van der Waals surface area (Å²) in [5, 5.41) is 13.3. The molecule has 134 valence electrons. The molecule has 4 aromatic rings. The maximum absolute atomic E-state index is 5.79. The van der Waals surface area contributed by atoms with E-state index in [9.17, 15) is 0 Å². The van der Waals surface area contributed by atoms with Gasteiger partial charge in [0.05, 0.1) is 18.3 Å². The molecular weight excluding hydrogens is 336 g/mol. The van der Waals surface area contributed by atoms with Crippen LogP contribution in [0.4, 0.5) is 5.69 Å². The van der Waals surface area contributed by atoms with Crippen molar-refractivity contribution in [3.63, 3.8) is 0 Å². The number of hydrogen-bond donors (Lipinski definition) is 2. The maximum atomic E-state index is 5.79. The Kier molecular flexibility index (Phi) is 3.60. The Morgan fingerprint density at radius 3 is 2.63 bits per heavy atom. The lowest BCUT2D eigenvalue weighted by molar-refractivity contribution is 0.242. The van der Waals surface area contributed by atoms with Crippen LogP contribution in [0.3, 0.4) is 0 Å². The predicted octanol–water partition coefficient (Wildman–Crippen LogP) is 4.93. The van der Waals surface area contributed by atoms with E-state index in [2.05, 4.69) is 56.9 Å². The number of aromatic amines is 1. The molecular formula is C22H20N4O. The maximum Gasteiger partial charge on any atom is 0.160 e. The fourth-order valence-electron chi connectivity index (χ4n) is 3.78. The quantitative estimate of drug-likeness (QED) is 0.546. The molecule has 0 saturated heterocycles. The van der Waals surface area contributed by atoms with Crippen LogP contribution in [0.1, 0.15) is 31.0 Å². The van der Waals surface area contributed by atoms with Gasteiger partial charge in [-0.25, -0.2) is 0 Å². The topological polar surface area (TPSA) is 62.8 Å². The third-order valence-corrected chi connectivity index (χ3v) is 4.92. The lowest BCUT2D eigenvalue weighted by Gasteiger charge is -2.20. The molecule has 2 N–H and O–H groups in total. The molecule has 0 saturated carbocycles. The van der Waals surface area contributed by atoms with Gasteiger partial charge >= 0.3 is 0 Å². The van der Waals surface area contributed by atoms with Gasteiger partial charge in [-0.1, -0.05) is 30.3 Å². The van der Waals surface area contributed by atoms with Gasteiger partial charge in [0.1, 0.15) is 5.75 Å². The SMILES string of the molecule is CC(C)Oc1ccc(C2Nc3ccccc3-c3cnnc4[nH]cc2c34)cc1. The van der Waals surface area contributed by atoms with Crippen molar-refractivity contribution in [1.82, 2.24) is 15.2 Å². The second-order valence-electron chi connectivity index (χ2n) is 7.08. The summed E-state index contributed by atoms with van der Waals surface area (Å²) >= 11 is 0. The Balaban J connectivity index is 1.67. The minimum absolute atomic E-state index is 0.0125. The summed E-state index contributed by atoms with van der Waals surface area (Å²) < 4.78 is 5.79. The van der Waals surface area contributed by atoms with E-state index in [4.69, 9.17) is 4.74 Å². The van der Waals surface area contributed by atoms with Gasteiger partial charge in [0, 0.05) is 34.0 Å². The molecule has 0 bridgehead atoms. The Labute approximate surface area is 157 Å². The van der Waals surface area contributed by atoms with Crippen LogP contribution in [-0.4, -0.2) is 21.3 Å². The van der Waals surface area contributed by atoms with Crippen molar-refractivity contribution < 1.29 is 4.74 Å². The molecule has 1 aliphatic heterocycles. The van der Waals surface area contributed by atoms with Crippen molar-refractivity contribution in [3.8, 4) is 16.9 Å². The van der Waals surface area contributed by atoms with Crippen molar-refractivity contribution in [2.45, 2.75) is 26.0 Å². The van der Waals surface area contributed by atoms with Crippen LogP contribution in [0.5, 0.6) is 5.75 Å². The van der Waals surface area contributed by atoms with E-state index < -0.39 is 0 Å². The molecule has 5 rings (SSSR count). The van der Waals surface area contributed by atoms with Gasteiger partial charge in [0.25, 0.3) is 0 Å². The van der Waals surface area contributed by atoms with Crippen LogP contribution in [0.2, 0.25) is 0 Å².